The van der Waals surface area contributed by atoms with Gasteiger partial charge in [-0.2, -0.15) is 0 Å². The molecule has 1 amide bonds. The van der Waals surface area contributed by atoms with Gasteiger partial charge in [-0.25, -0.2) is 0 Å². The maximum absolute atomic E-state index is 12.5. The number of aromatic amines is 1. The van der Waals surface area contributed by atoms with Gasteiger partial charge in [-0.1, -0.05) is 36.4 Å². The number of anilines is 3. The lowest BCUT2D eigenvalue weighted by Gasteiger charge is -2.09. The zero-order valence-corrected chi connectivity index (χ0v) is 15.1. The number of H-pyrrole nitrogens is 1. The number of hydrogen-bond acceptors (Lipinski definition) is 2. The second-order valence-corrected chi connectivity index (χ2v) is 6.57. The van der Waals surface area contributed by atoms with Gasteiger partial charge in [-0.3, -0.25) is 4.79 Å². The number of hydrogen-bond donors (Lipinski definition) is 3. The molecule has 0 aliphatic carbocycles. The van der Waals surface area contributed by atoms with E-state index in [0.29, 0.717) is 6.42 Å². The van der Waals surface area contributed by atoms with Gasteiger partial charge in [0, 0.05) is 33.7 Å². The molecule has 0 radical (unpaired) electrons. The predicted molar refractivity (Wildman–Crippen MR) is 112 cm³/mol. The molecule has 4 rings (SSSR count). The van der Waals surface area contributed by atoms with Crippen molar-refractivity contribution in [2.24, 2.45) is 0 Å². The molecule has 1 heterocycles. The number of carbonyl (C=O) groups is 1. The first-order valence-corrected chi connectivity index (χ1v) is 8.97. The molecule has 0 spiro atoms. The van der Waals surface area contributed by atoms with Crippen molar-refractivity contribution in [3.63, 3.8) is 0 Å². The Morgan fingerprint density at radius 1 is 0.815 bits per heavy atom. The largest absolute Gasteiger partial charge is 0.358 e. The number of para-hydroxylation sites is 2. The molecule has 4 aromatic rings. The molecule has 0 aliphatic rings. The summed E-state index contributed by atoms with van der Waals surface area (Å²) in [6.45, 7) is 2.01. The van der Waals surface area contributed by atoms with Crippen molar-refractivity contribution >= 4 is 33.9 Å². The first-order valence-electron chi connectivity index (χ1n) is 8.97. The number of fused-ring (bicyclic) bond motifs is 1. The molecule has 134 valence electrons. The Hall–Kier alpha value is -3.53. The van der Waals surface area contributed by atoms with E-state index in [2.05, 4.69) is 15.6 Å². The summed E-state index contributed by atoms with van der Waals surface area (Å²) < 4.78 is 0. The van der Waals surface area contributed by atoms with E-state index in [1.54, 1.807) is 0 Å². The van der Waals surface area contributed by atoms with Crippen molar-refractivity contribution in [2.75, 3.05) is 10.6 Å². The fraction of sp³-hybridized carbons (Fsp3) is 0.0870. The van der Waals surface area contributed by atoms with Crippen LogP contribution in [-0.4, -0.2) is 10.9 Å². The quantitative estimate of drug-likeness (QED) is 0.449. The summed E-state index contributed by atoms with van der Waals surface area (Å²) in [5, 5.41) is 7.42. The summed E-state index contributed by atoms with van der Waals surface area (Å²) in [6.07, 6.45) is 0.347. The van der Waals surface area contributed by atoms with Gasteiger partial charge in [0.15, 0.2) is 0 Å². The van der Waals surface area contributed by atoms with E-state index in [9.17, 15) is 4.79 Å². The van der Waals surface area contributed by atoms with Crippen LogP contribution in [0, 0.1) is 6.92 Å². The number of aryl methyl sites for hydroxylation is 1. The molecule has 3 N–H and O–H groups in total. The molecule has 0 unspecified atom stereocenters. The number of carbonyl (C=O) groups excluding carboxylic acids is 1. The molecule has 4 heteroatoms. The number of rotatable bonds is 5. The van der Waals surface area contributed by atoms with Crippen LogP contribution in [0.3, 0.4) is 0 Å². The van der Waals surface area contributed by atoms with Crippen LogP contribution in [-0.2, 0) is 11.2 Å². The third kappa shape index (κ3) is 3.85. The van der Waals surface area contributed by atoms with Gasteiger partial charge in [0.25, 0.3) is 0 Å². The van der Waals surface area contributed by atoms with Gasteiger partial charge in [-0.05, 0) is 55.0 Å². The minimum atomic E-state index is -0.0216. The average molecular weight is 355 g/mol. The molecule has 1 aromatic heterocycles. The van der Waals surface area contributed by atoms with Gasteiger partial charge >= 0.3 is 0 Å². The maximum atomic E-state index is 12.5. The zero-order valence-electron chi connectivity index (χ0n) is 15.1. The molecule has 0 atom stereocenters. The van der Waals surface area contributed by atoms with E-state index < -0.39 is 0 Å². The summed E-state index contributed by atoms with van der Waals surface area (Å²) >= 11 is 0. The fourth-order valence-corrected chi connectivity index (χ4v) is 3.25. The van der Waals surface area contributed by atoms with Crippen LogP contribution in [0.1, 0.15) is 11.3 Å². The lowest BCUT2D eigenvalue weighted by molar-refractivity contribution is -0.115. The molecule has 0 bridgehead atoms. The Kier molecular flexibility index (Phi) is 4.62. The highest BCUT2D eigenvalue weighted by atomic mass is 16.1. The number of benzene rings is 3. The summed E-state index contributed by atoms with van der Waals surface area (Å²) in [6, 6.07) is 25.8. The average Bonchev–Trinajstić information content (AvgIpc) is 2.99. The van der Waals surface area contributed by atoms with Gasteiger partial charge < -0.3 is 15.6 Å². The monoisotopic (exact) mass is 355 g/mol. The minimum Gasteiger partial charge on any atom is -0.358 e. The van der Waals surface area contributed by atoms with Crippen molar-refractivity contribution < 1.29 is 4.79 Å². The highest BCUT2D eigenvalue weighted by Gasteiger charge is 2.12. The highest BCUT2D eigenvalue weighted by Crippen LogP contribution is 2.23. The van der Waals surface area contributed by atoms with E-state index in [1.807, 2.05) is 85.8 Å². The number of aromatic nitrogens is 1. The van der Waals surface area contributed by atoms with Gasteiger partial charge in [0.2, 0.25) is 5.91 Å². The first kappa shape index (κ1) is 16.9. The summed E-state index contributed by atoms with van der Waals surface area (Å²) in [5.74, 6) is -0.0216. The third-order valence-corrected chi connectivity index (χ3v) is 4.60. The molecule has 0 saturated heterocycles. The van der Waals surface area contributed by atoms with Crippen LogP contribution in [0.5, 0.6) is 0 Å². The van der Waals surface area contributed by atoms with Crippen molar-refractivity contribution in [1.82, 2.24) is 4.98 Å². The van der Waals surface area contributed by atoms with Crippen LogP contribution >= 0.6 is 0 Å². The number of amides is 1. The molecule has 0 fully saturated rings. The van der Waals surface area contributed by atoms with Crippen LogP contribution in [0.4, 0.5) is 17.1 Å². The van der Waals surface area contributed by atoms with Gasteiger partial charge in [-0.15, -0.1) is 0 Å². The topological polar surface area (TPSA) is 56.9 Å². The van der Waals surface area contributed by atoms with Crippen LogP contribution in [0.25, 0.3) is 10.9 Å². The molecule has 27 heavy (non-hydrogen) atoms. The van der Waals surface area contributed by atoms with E-state index in [4.69, 9.17) is 0 Å². The lowest BCUT2D eigenvalue weighted by atomic mass is 10.1. The van der Waals surface area contributed by atoms with Crippen molar-refractivity contribution in [3.8, 4) is 0 Å². The first-order chi connectivity index (χ1) is 13.2. The van der Waals surface area contributed by atoms with Gasteiger partial charge in [0.05, 0.1) is 6.42 Å². The summed E-state index contributed by atoms with van der Waals surface area (Å²) in [5.41, 5.74) is 5.94. The standard InChI is InChI=1S/C23H21N3O/c1-16-21(20-9-5-6-10-22(20)24-16)15-23(27)26-19-13-11-18(12-14-19)25-17-7-3-2-4-8-17/h2-14,24-25H,15H2,1H3,(H,26,27). The van der Waals surface area contributed by atoms with E-state index in [0.717, 1.165) is 39.2 Å². The third-order valence-electron chi connectivity index (χ3n) is 4.60. The maximum Gasteiger partial charge on any atom is 0.228 e. The second-order valence-electron chi connectivity index (χ2n) is 6.57. The minimum absolute atomic E-state index is 0.0216. The Labute approximate surface area is 158 Å². The number of nitrogens with one attached hydrogen (secondary N) is 3. The smallest absolute Gasteiger partial charge is 0.228 e. The molecular formula is C23H21N3O. The SMILES string of the molecule is Cc1[nH]c2ccccc2c1CC(=O)Nc1ccc(Nc2ccccc2)cc1. The van der Waals surface area contributed by atoms with Crippen LogP contribution in [0.2, 0.25) is 0 Å². The lowest BCUT2D eigenvalue weighted by Crippen LogP contribution is -2.14. The van der Waals surface area contributed by atoms with Crippen molar-refractivity contribution in [1.29, 1.82) is 0 Å². The zero-order chi connectivity index (χ0) is 18.6. The molecular weight excluding hydrogens is 334 g/mol. The summed E-state index contributed by atoms with van der Waals surface area (Å²) in [4.78, 5) is 15.8. The Morgan fingerprint density at radius 3 is 2.22 bits per heavy atom. The molecule has 0 saturated carbocycles. The Bertz CT molecular complexity index is 1070. The van der Waals surface area contributed by atoms with Crippen molar-refractivity contribution in [2.45, 2.75) is 13.3 Å². The normalized spacial score (nSPS) is 10.7. The highest BCUT2D eigenvalue weighted by molar-refractivity contribution is 5.96. The Morgan fingerprint density at radius 2 is 1.44 bits per heavy atom. The molecule has 0 aliphatic heterocycles. The second kappa shape index (κ2) is 7.38. The van der Waals surface area contributed by atoms with Crippen LogP contribution in [0.15, 0.2) is 78.9 Å². The fourth-order valence-electron chi connectivity index (χ4n) is 3.25. The van der Waals surface area contributed by atoms with Gasteiger partial charge in [0.1, 0.15) is 0 Å². The predicted octanol–water partition coefficient (Wildman–Crippen LogP) is 5.40. The van der Waals surface area contributed by atoms with E-state index in [1.165, 1.54) is 0 Å². The molecule has 4 nitrogen and oxygen atoms in total. The van der Waals surface area contributed by atoms with E-state index >= 15 is 0 Å². The van der Waals surface area contributed by atoms with Crippen LogP contribution < -0.4 is 10.6 Å². The summed E-state index contributed by atoms with van der Waals surface area (Å²) in [7, 11) is 0. The Balaban J connectivity index is 1.43. The molecule has 3 aromatic carbocycles. The van der Waals surface area contributed by atoms with E-state index in [-0.39, 0.29) is 5.91 Å². The van der Waals surface area contributed by atoms with Crippen molar-refractivity contribution in [3.05, 3.63) is 90.1 Å².